The molecule has 3 heterocycles. The summed E-state index contributed by atoms with van der Waals surface area (Å²) in [6, 6.07) is 11.1. The Kier molecular flexibility index (Phi) is 5.56. The summed E-state index contributed by atoms with van der Waals surface area (Å²) >= 11 is 6.43. The molecule has 0 fully saturated rings. The van der Waals surface area contributed by atoms with E-state index in [4.69, 9.17) is 11.6 Å². The highest BCUT2D eigenvalue weighted by Gasteiger charge is 2.21. The SMILES string of the molecule is C[C@@H](Nc1c(Cl)cnc2cc(F)c(-c3cnc(C(C)(C)O)nc3)nc12)c1ccccc1. The fourth-order valence-corrected chi connectivity index (χ4v) is 3.41. The number of aromatic nitrogens is 4. The molecule has 31 heavy (non-hydrogen) atoms. The third-order valence-electron chi connectivity index (χ3n) is 4.88. The molecule has 0 amide bonds. The Morgan fingerprint density at radius 3 is 2.39 bits per heavy atom. The van der Waals surface area contributed by atoms with Crippen molar-refractivity contribution in [1.29, 1.82) is 0 Å². The topological polar surface area (TPSA) is 83.8 Å². The van der Waals surface area contributed by atoms with Crippen LogP contribution in [0.25, 0.3) is 22.3 Å². The highest BCUT2D eigenvalue weighted by molar-refractivity contribution is 6.34. The summed E-state index contributed by atoms with van der Waals surface area (Å²) in [5.41, 5.74) is 1.72. The van der Waals surface area contributed by atoms with Gasteiger partial charge in [0.15, 0.2) is 11.6 Å². The smallest absolute Gasteiger partial charge is 0.159 e. The van der Waals surface area contributed by atoms with Crippen LogP contribution in [0.4, 0.5) is 10.1 Å². The van der Waals surface area contributed by atoms with Crippen LogP contribution in [-0.2, 0) is 5.60 Å². The van der Waals surface area contributed by atoms with Crippen molar-refractivity contribution < 1.29 is 9.50 Å². The molecule has 0 unspecified atom stereocenters. The second kappa shape index (κ2) is 8.17. The van der Waals surface area contributed by atoms with Crippen molar-refractivity contribution in [1.82, 2.24) is 19.9 Å². The maximum absolute atomic E-state index is 14.8. The third kappa shape index (κ3) is 4.33. The van der Waals surface area contributed by atoms with Crippen molar-refractivity contribution in [3.63, 3.8) is 0 Å². The number of hydrogen-bond donors (Lipinski definition) is 2. The molecule has 4 rings (SSSR count). The Morgan fingerprint density at radius 2 is 1.74 bits per heavy atom. The van der Waals surface area contributed by atoms with Crippen LogP contribution in [0.1, 0.15) is 38.2 Å². The zero-order valence-electron chi connectivity index (χ0n) is 17.3. The largest absolute Gasteiger partial charge is 0.382 e. The van der Waals surface area contributed by atoms with Gasteiger partial charge in [0, 0.05) is 36.3 Å². The van der Waals surface area contributed by atoms with Crippen molar-refractivity contribution in [2.45, 2.75) is 32.4 Å². The van der Waals surface area contributed by atoms with Crippen LogP contribution >= 0.6 is 11.6 Å². The second-order valence-corrected chi connectivity index (χ2v) is 8.21. The van der Waals surface area contributed by atoms with Crippen molar-refractivity contribution in [3.8, 4) is 11.3 Å². The monoisotopic (exact) mass is 437 g/mol. The zero-order valence-corrected chi connectivity index (χ0v) is 18.0. The molecular formula is C23H21ClFN5O. The minimum atomic E-state index is -1.20. The number of hydrogen-bond acceptors (Lipinski definition) is 6. The van der Waals surface area contributed by atoms with Crippen LogP contribution < -0.4 is 5.32 Å². The molecule has 0 aliphatic carbocycles. The van der Waals surface area contributed by atoms with Gasteiger partial charge in [0.1, 0.15) is 16.8 Å². The standard InChI is InChI=1S/C23H21ClFN5O/c1-13(14-7-5-4-6-8-14)29-20-16(24)12-26-18-9-17(25)19(30-21(18)20)15-10-27-22(28-11-15)23(2,3)31/h4-13,31H,1-3H3,(H,26,29)/t13-/m1/s1. The quantitative estimate of drug-likeness (QED) is 0.442. The molecule has 0 radical (unpaired) electrons. The summed E-state index contributed by atoms with van der Waals surface area (Å²) < 4.78 is 14.8. The first kappa shape index (κ1) is 21.1. The number of fused-ring (bicyclic) bond motifs is 1. The second-order valence-electron chi connectivity index (χ2n) is 7.80. The molecule has 0 saturated heterocycles. The normalized spacial score (nSPS) is 12.7. The number of nitrogens with zero attached hydrogens (tertiary/aromatic N) is 4. The Balaban J connectivity index is 1.79. The highest BCUT2D eigenvalue weighted by atomic mass is 35.5. The maximum atomic E-state index is 14.8. The van der Waals surface area contributed by atoms with E-state index in [1.807, 2.05) is 37.3 Å². The Labute approximate surface area is 184 Å². The van der Waals surface area contributed by atoms with Crippen LogP contribution in [-0.4, -0.2) is 25.0 Å². The van der Waals surface area contributed by atoms with Crippen molar-refractivity contribution >= 4 is 28.3 Å². The van der Waals surface area contributed by atoms with Crippen molar-refractivity contribution in [2.24, 2.45) is 0 Å². The summed E-state index contributed by atoms with van der Waals surface area (Å²) in [7, 11) is 0. The molecule has 1 atom stereocenters. The van der Waals surface area contributed by atoms with Crippen LogP contribution in [0.3, 0.4) is 0 Å². The van der Waals surface area contributed by atoms with E-state index < -0.39 is 11.4 Å². The van der Waals surface area contributed by atoms with E-state index in [1.165, 1.54) is 24.7 Å². The zero-order chi connectivity index (χ0) is 22.2. The summed E-state index contributed by atoms with van der Waals surface area (Å²) in [4.78, 5) is 17.0. The van der Waals surface area contributed by atoms with Crippen molar-refractivity contribution in [2.75, 3.05) is 5.32 Å². The van der Waals surface area contributed by atoms with Gasteiger partial charge in [-0.05, 0) is 26.3 Å². The van der Waals surface area contributed by atoms with Gasteiger partial charge in [0.25, 0.3) is 0 Å². The van der Waals surface area contributed by atoms with Gasteiger partial charge < -0.3 is 10.4 Å². The fraction of sp³-hybridized carbons (Fsp3) is 0.217. The minimum Gasteiger partial charge on any atom is -0.382 e. The van der Waals surface area contributed by atoms with Gasteiger partial charge in [0.2, 0.25) is 0 Å². The molecule has 0 saturated carbocycles. The molecule has 158 valence electrons. The molecular weight excluding hydrogens is 417 g/mol. The summed E-state index contributed by atoms with van der Waals surface area (Å²) in [6.45, 7) is 5.17. The van der Waals surface area contributed by atoms with Gasteiger partial charge in [-0.15, -0.1) is 0 Å². The first-order valence-electron chi connectivity index (χ1n) is 9.75. The lowest BCUT2D eigenvalue weighted by Gasteiger charge is -2.18. The molecule has 0 spiro atoms. The maximum Gasteiger partial charge on any atom is 0.159 e. The van der Waals surface area contributed by atoms with Crippen LogP contribution in [0.15, 0.2) is 55.0 Å². The fourth-order valence-electron chi connectivity index (χ4n) is 3.21. The highest BCUT2D eigenvalue weighted by Crippen LogP contribution is 2.34. The lowest BCUT2D eigenvalue weighted by atomic mass is 10.1. The first-order chi connectivity index (χ1) is 14.7. The van der Waals surface area contributed by atoms with E-state index in [1.54, 1.807) is 13.8 Å². The molecule has 0 aliphatic heterocycles. The third-order valence-corrected chi connectivity index (χ3v) is 5.17. The molecule has 3 aromatic heterocycles. The van der Waals surface area contributed by atoms with Gasteiger partial charge >= 0.3 is 0 Å². The molecule has 4 aromatic rings. The van der Waals surface area contributed by atoms with E-state index in [2.05, 4.69) is 25.3 Å². The summed E-state index contributed by atoms with van der Waals surface area (Å²) in [5.74, 6) is -0.315. The predicted octanol–water partition coefficient (Wildman–Crippen LogP) is 5.28. The van der Waals surface area contributed by atoms with E-state index in [0.29, 0.717) is 27.3 Å². The number of aliphatic hydroxyl groups is 1. The average molecular weight is 438 g/mol. The molecule has 1 aromatic carbocycles. The number of halogens is 2. The lowest BCUT2D eigenvalue weighted by Crippen LogP contribution is -2.19. The van der Waals surface area contributed by atoms with Gasteiger partial charge in [-0.25, -0.2) is 19.3 Å². The molecule has 6 nitrogen and oxygen atoms in total. The van der Waals surface area contributed by atoms with E-state index >= 15 is 0 Å². The lowest BCUT2D eigenvalue weighted by molar-refractivity contribution is 0.0687. The van der Waals surface area contributed by atoms with Crippen LogP contribution in [0.5, 0.6) is 0 Å². The van der Waals surface area contributed by atoms with Crippen LogP contribution in [0.2, 0.25) is 5.02 Å². The molecule has 8 heteroatoms. The Hall–Kier alpha value is -3.16. The number of anilines is 1. The molecule has 0 aliphatic rings. The van der Waals surface area contributed by atoms with Crippen molar-refractivity contribution in [3.05, 3.63) is 77.2 Å². The van der Waals surface area contributed by atoms with Gasteiger partial charge in [0.05, 0.1) is 16.2 Å². The summed E-state index contributed by atoms with van der Waals surface area (Å²) in [6.07, 6.45) is 4.36. The number of nitrogens with one attached hydrogen (secondary N) is 1. The van der Waals surface area contributed by atoms with E-state index in [-0.39, 0.29) is 17.6 Å². The molecule has 0 bridgehead atoms. The number of benzene rings is 1. The predicted molar refractivity (Wildman–Crippen MR) is 119 cm³/mol. The van der Waals surface area contributed by atoms with Gasteiger partial charge in [-0.3, -0.25) is 4.98 Å². The van der Waals surface area contributed by atoms with E-state index in [0.717, 1.165) is 5.56 Å². The average Bonchev–Trinajstić information content (AvgIpc) is 2.75. The van der Waals surface area contributed by atoms with Gasteiger partial charge in [-0.2, -0.15) is 0 Å². The number of rotatable bonds is 5. The minimum absolute atomic E-state index is 0.0611. The first-order valence-corrected chi connectivity index (χ1v) is 10.1. The van der Waals surface area contributed by atoms with Crippen LogP contribution in [0, 0.1) is 5.82 Å². The Bertz CT molecular complexity index is 1230. The van der Waals surface area contributed by atoms with E-state index in [9.17, 15) is 9.50 Å². The molecule has 2 N–H and O–H groups in total. The van der Waals surface area contributed by atoms with Gasteiger partial charge in [-0.1, -0.05) is 41.9 Å². The Morgan fingerprint density at radius 1 is 1.06 bits per heavy atom. The summed E-state index contributed by atoms with van der Waals surface area (Å²) in [5, 5.41) is 13.8. The number of pyridine rings is 2.